The number of aromatic nitrogens is 1. The molecule has 11 heteroatoms. The number of benzene rings is 4. The highest BCUT2D eigenvalue weighted by Crippen LogP contribution is 2.37. The van der Waals surface area contributed by atoms with E-state index in [1.165, 1.54) is 12.1 Å². The van der Waals surface area contributed by atoms with Crippen molar-refractivity contribution >= 4 is 28.5 Å². The van der Waals surface area contributed by atoms with Gasteiger partial charge in [-0.2, -0.15) is 0 Å². The monoisotopic (exact) mass is 773 g/mol. The number of piperidine rings is 3. The molecule has 5 aromatic rings. The molecule has 1 aromatic heterocycles. The highest BCUT2D eigenvalue weighted by Gasteiger charge is 2.49. The second-order valence-electron chi connectivity index (χ2n) is 15.5. The predicted octanol–water partition coefficient (Wildman–Crippen LogP) is 7.13. The zero-order valence-corrected chi connectivity index (χ0v) is 32.4. The lowest BCUT2D eigenvalue weighted by atomic mass is 9.83. The molecule has 2 atom stereocenters. The van der Waals surface area contributed by atoms with Crippen molar-refractivity contribution in [1.82, 2.24) is 10.3 Å². The van der Waals surface area contributed by atoms with E-state index in [1.54, 1.807) is 17.0 Å². The lowest BCUT2D eigenvalue weighted by molar-refractivity contribution is -0.938. The first-order chi connectivity index (χ1) is 27.8. The smallest absolute Gasteiger partial charge is 0.415 e. The number of Topliss-reactive ketones (excluding diaryl/α,β-unsaturated/α-hetero) is 1. The van der Waals surface area contributed by atoms with Crippen LogP contribution in [0.5, 0.6) is 11.5 Å². The number of ketones is 1. The normalized spacial score (nSPS) is 19.2. The van der Waals surface area contributed by atoms with Crippen LogP contribution in [-0.2, 0) is 11.3 Å². The molecule has 11 nitrogen and oxygen atoms in total. The van der Waals surface area contributed by atoms with Crippen LogP contribution in [0.1, 0.15) is 66.1 Å². The molecule has 298 valence electrons. The Morgan fingerprint density at radius 3 is 2.42 bits per heavy atom. The number of phenols is 1. The van der Waals surface area contributed by atoms with E-state index in [-0.39, 0.29) is 29.1 Å². The molecular weight excluding hydrogens is 721 g/mol. The van der Waals surface area contributed by atoms with E-state index in [1.807, 2.05) is 84.9 Å². The Morgan fingerprint density at radius 1 is 0.877 bits per heavy atom. The van der Waals surface area contributed by atoms with Gasteiger partial charge in [0.05, 0.1) is 43.5 Å². The Balaban J connectivity index is 0.886. The van der Waals surface area contributed by atoms with Crippen molar-refractivity contribution in [3.05, 3.63) is 136 Å². The number of carbonyl (C=O) groups is 2. The first-order valence-corrected chi connectivity index (χ1v) is 20.2. The van der Waals surface area contributed by atoms with E-state index < -0.39 is 12.2 Å². The van der Waals surface area contributed by atoms with Crippen molar-refractivity contribution in [1.29, 1.82) is 0 Å². The summed E-state index contributed by atoms with van der Waals surface area (Å²) in [5, 5.41) is 24.8. The molecule has 3 saturated heterocycles. The van der Waals surface area contributed by atoms with Gasteiger partial charge in [0, 0.05) is 48.4 Å². The van der Waals surface area contributed by atoms with Crippen LogP contribution in [0, 0.1) is 5.92 Å². The number of phenolic OH excluding ortho intramolecular Hbond substituents is 1. The van der Waals surface area contributed by atoms with Crippen molar-refractivity contribution in [2.24, 2.45) is 5.92 Å². The van der Waals surface area contributed by atoms with Gasteiger partial charge in [-0.05, 0) is 54.8 Å². The number of fused-ring (bicyclic) bond motifs is 4. The van der Waals surface area contributed by atoms with Crippen LogP contribution < -0.4 is 20.5 Å². The Hall–Kier alpha value is -5.49. The molecule has 0 radical (unpaired) electrons. The van der Waals surface area contributed by atoms with Crippen molar-refractivity contribution in [2.75, 3.05) is 50.8 Å². The van der Waals surface area contributed by atoms with E-state index in [4.69, 9.17) is 9.47 Å². The molecule has 4 N–H and O–H groups in total. The Morgan fingerprint density at radius 2 is 1.63 bits per heavy atom. The third-order valence-corrected chi connectivity index (χ3v) is 11.5. The number of rotatable bonds is 18. The van der Waals surface area contributed by atoms with Crippen LogP contribution in [-0.4, -0.2) is 83.5 Å². The summed E-state index contributed by atoms with van der Waals surface area (Å²) in [5.74, 6) is 1.08. The zero-order chi connectivity index (χ0) is 39.6. The standard InChI is InChI=1S/C46H52N4O7/c51-40-20-18-38(39-19-21-44(54)48-45(39)40)41(52)29-47-24-9-1-2-10-27-56-37-17-11-16-36(28-37)49(30-33-12-5-3-6-13-33)46(55)57-43-32-50(25-22-35(43)23-26-50)31-42(53)34-14-7-4-8-15-34/h3-8,11-21,28,35,41,43,47,52H,1-2,9-10,22-27,29-32H2,(H-,48,51,54)/p+1/t35?,41-,43-,50?/m0/s1. The second kappa shape index (κ2) is 18.6. The Kier molecular flexibility index (Phi) is 13.0. The highest BCUT2D eigenvalue weighted by molar-refractivity contribution is 5.97. The number of nitrogens with one attached hydrogen (secondary N) is 2. The number of ether oxygens (including phenoxy) is 2. The minimum atomic E-state index is -0.788. The van der Waals surface area contributed by atoms with Crippen molar-refractivity contribution in [3.63, 3.8) is 0 Å². The number of pyridine rings is 1. The number of carbonyl (C=O) groups excluding carboxylic acids is 2. The maximum atomic E-state index is 14.1. The van der Waals surface area contributed by atoms with Gasteiger partial charge >= 0.3 is 6.09 Å². The van der Waals surface area contributed by atoms with E-state index in [2.05, 4.69) is 10.3 Å². The van der Waals surface area contributed by atoms with Gasteiger partial charge < -0.3 is 34.5 Å². The Labute approximate surface area is 333 Å². The summed E-state index contributed by atoms with van der Waals surface area (Å²) in [6.07, 6.45) is 4.22. The largest absolute Gasteiger partial charge is 0.506 e. The van der Waals surface area contributed by atoms with E-state index >= 15 is 0 Å². The average Bonchev–Trinajstić information content (AvgIpc) is 3.23. The van der Waals surface area contributed by atoms with Gasteiger partial charge in [-0.15, -0.1) is 0 Å². The fourth-order valence-corrected chi connectivity index (χ4v) is 8.35. The molecule has 4 heterocycles. The fraction of sp³-hybridized carbons (Fsp3) is 0.370. The maximum absolute atomic E-state index is 14.1. The van der Waals surface area contributed by atoms with Crippen molar-refractivity contribution in [3.8, 4) is 11.5 Å². The van der Waals surface area contributed by atoms with E-state index in [0.717, 1.165) is 69.3 Å². The average molecular weight is 774 g/mol. The summed E-state index contributed by atoms with van der Waals surface area (Å²) in [6, 6.07) is 33.2. The summed E-state index contributed by atoms with van der Waals surface area (Å²) in [7, 11) is 0. The van der Waals surface area contributed by atoms with Crippen molar-refractivity contribution < 1.29 is 33.8 Å². The topological polar surface area (TPSA) is 141 Å². The van der Waals surface area contributed by atoms with E-state index in [9.17, 15) is 24.6 Å². The number of H-pyrrole nitrogens is 1. The number of hydrogen-bond acceptors (Lipinski definition) is 8. The van der Waals surface area contributed by atoms with Gasteiger partial charge in [-0.3, -0.25) is 14.5 Å². The molecule has 2 bridgehead atoms. The van der Waals surface area contributed by atoms with Gasteiger partial charge in [0.2, 0.25) is 11.3 Å². The molecule has 0 aliphatic carbocycles. The number of amides is 1. The van der Waals surface area contributed by atoms with Crippen LogP contribution in [0.3, 0.4) is 0 Å². The summed E-state index contributed by atoms with van der Waals surface area (Å²) < 4.78 is 13.2. The fourth-order valence-electron chi connectivity index (χ4n) is 8.35. The quantitative estimate of drug-likeness (QED) is 0.0419. The molecule has 0 unspecified atom stereocenters. The minimum Gasteiger partial charge on any atom is -0.506 e. The van der Waals surface area contributed by atoms with Gasteiger partial charge in [0.25, 0.3) is 0 Å². The van der Waals surface area contributed by atoms with Crippen LogP contribution in [0.2, 0.25) is 0 Å². The van der Waals surface area contributed by atoms with Gasteiger partial charge in [-0.25, -0.2) is 4.79 Å². The lowest BCUT2D eigenvalue weighted by Crippen LogP contribution is -2.66. The van der Waals surface area contributed by atoms with Crippen LogP contribution >= 0.6 is 0 Å². The third kappa shape index (κ3) is 10.1. The molecule has 4 aromatic carbocycles. The van der Waals surface area contributed by atoms with Crippen molar-refractivity contribution in [2.45, 2.75) is 57.3 Å². The highest BCUT2D eigenvalue weighted by atomic mass is 16.6. The zero-order valence-electron chi connectivity index (χ0n) is 32.4. The number of unbranched alkanes of at least 4 members (excludes halogenated alkanes) is 3. The van der Waals surface area contributed by atoms with E-state index in [0.29, 0.717) is 65.2 Å². The number of aromatic hydroxyl groups is 1. The number of anilines is 1. The number of hydrogen-bond donors (Lipinski definition) is 4. The molecule has 1 amide bonds. The number of quaternary nitrogens is 1. The third-order valence-electron chi connectivity index (χ3n) is 11.5. The molecule has 3 aliphatic heterocycles. The molecule has 57 heavy (non-hydrogen) atoms. The molecule has 3 fully saturated rings. The summed E-state index contributed by atoms with van der Waals surface area (Å²) in [5.41, 5.74) is 3.07. The van der Waals surface area contributed by atoms with Crippen LogP contribution in [0.15, 0.2) is 114 Å². The summed E-state index contributed by atoms with van der Waals surface area (Å²) in [6.45, 7) is 4.91. The van der Waals surface area contributed by atoms with Crippen LogP contribution in [0.4, 0.5) is 10.5 Å². The minimum absolute atomic E-state index is 0.0293. The molecule has 3 aliphatic rings. The second-order valence-corrected chi connectivity index (χ2v) is 15.5. The lowest BCUT2D eigenvalue weighted by Gasteiger charge is -2.51. The molecule has 0 spiro atoms. The Bertz CT molecular complexity index is 2170. The first-order valence-electron chi connectivity index (χ1n) is 20.2. The van der Waals surface area contributed by atoms with Gasteiger partial charge in [0.1, 0.15) is 24.6 Å². The number of aromatic amines is 1. The number of aliphatic hydroxyl groups excluding tert-OH is 1. The molecule has 0 saturated carbocycles. The number of nitrogens with zero attached hydrogens (tertiary/aromatic N) is 2. The molecular formula is C46H53N4O7+. The summed E-state index contributed by atoms with van der Waals surface area (Å²) in [4.78, 5) is 43.4. The van der Waals surface area contributed by atoms with Gasteiger partial charge in [0.15, 0.2) is 6.10 Å². The van der Waals surface area contributed by atoms with Crippen LogP contribution in [0.25, 0.3) is 10.9 Å². The predicted molar refractivity (Wildman–Crippen MR) is 221 cm³/mol. The maximum Gasteiger partial charge on any atom is 0.415 e. The number of aliphatic hydroxyl groups is 1. The SMILES string of the molecule is O=C(C[N+]12CCC(CC1)[C@@H](OC(=O)N(Cc1ccccc1)c1cccc(OCCCCCCNC[C@H](O)c3ccc(O)c4[nH]c(=O)ccc34)c1)C2)c1ccccc1. The molecule has 8 rings (SSSR count). The summed E-state index contributed by atoms with van der Waals surface area (Å²) >= 11 is 0. The first kappa shape index (κ1) is 39.7. The van der Waals surface area contributed by atoms with Gasteiger partial charge in [-0.1, -0.05) is 85.6 Å².